The molecule has 1 saturated carbocycles. The van der Waals surface area contributed by atoms with E-state index in [0.29, 0.717) is 11.4 Å². The molecule has 0 aliphatic heterocycles. The number of carbonyl (C=O) groups is 1. The molecule has 5 heteroatoms. The summed E-state index contributed by atoms with van der Waals surface area (Å²) < 4.78 is 0. The van der Waals surface area contributed by atoms with Crippen LogP contribution < -0.4 is 11.1 Å². The first kappa shape index (κ1) is 12.0. The van der Waals surface area contributed by atoms with Crippen LogP contribution in [0.1, 0.15) is 48.8 Å². The van der Waals surface area contributed by atoms with E-state index in [0.717, 1.165) is 31.0 Å². The molecule has 17 heavy (non-hydrogen) atoms. The third-order valence-electron chi connectivity index (χ3n) is 3.51. The van der Waals surface area contributed by atoms with Crippen molar-refractivity contribution in [2.75, 3.05) is 12.3 Å². The van der Waals surface area contributed by atoms with Gasteiger partial charge < -0.3 is 11.1 Å². The highest BCUT2D eigenvalue weighted by atomic mass is 16.1. The number of hydrogen-bond acceptors (Lipinski definition) is 3. The third-order valence-corrected chi connectivity index (χ3v) is 3.51. The maximum atomic E-state index is 11.8. The highest BCUT2D eigenvalue weighted by Gasteiger charge is 2.19. The summed E-state index contributed by atoms with van der Waals surface area (Å²) in [6, 6.07) is 0. The Labute approximate surface area is 101 Å². The second-order valence-electron chi connectivity index (χ2n) is 4.66. The number of aryl methyl sites for hydroxylation is 1. The van der Waals surface area contributed by atoms with Crippen molar-refractivity contribution in [1.82, 2.24) is 15.5 Å². The Kier molecular flexibility index (Phi) is 3.66. The molecule has 0 radical (unpaired) electrons. The summed E-state index contributed by atoms with van der Waals surface area (Å²) in [4.78, 5) is 11.8. The first-order valence-electron chi connectivity index (χ1n) is 6.33. The summed E-state index contributed by atoms with van der Waals surface area (Å²) in [7, 11) is 0. The lowest BCUT2D eigenvalue weighted by Gasteiger charge is -2.24. The monoisotopic (exact) mass is 236 g/mol. The second-order valence-corrected chi connectivity index (χ2v) is 4.66. The normalized spacial score (nSPS) is 15.6. The van der Waals surface area contributed by atoms with E-state index in [1.54, 1.807) is 0 Å². The summed E-state index contributed by atoms with van der Waals surface area (Å²) in [5.41, 5.74) is 7.47. The second kappa shape index (κ2) is 5.21. The number of H-pyrrole nitrogens is 1. The van der Waals surface area contributed by atoms with Gasteiger partial charge in [0.15, 0.2) is 5.69 Å². The molecule has 0 unspecified atom stereocenters. The van der Waals surface area contributed by atoms with E-state index in [9.17, 15) is 4.79 Å². The molecule has 0 spiro atoms. The van der Waals surface area contributed by atoms with Gasteiger partial charge in [0.2, 0.25) is 0 Å². The standard InChI is InChI=1S/C12H20N4O/c1-2-9-10(13)11(16-15-9)12(17)14-7-6-8-4-3-5-8/h8H,2-7,13H2,1H3,(H,14,17)(H,15,16). The zero-order valence-corrected chi connectivity index (χ0v) is 10.3. The summed E-state index contributed by atoms with van der Waals surface area (Å²) in [5, 5.41) is 9.62. The number of rotatable bonds is 5. The van der Waals surface area contributed by atoms with Gasteiger partial charge in [-0.2, -0.15) is 5.10 Å². The van der Waals surface area contributed by atoms with Gasteiger partial charge in [-0.05, 0) is 18.8 Å². The number of nitrogen functional groups attached to an aromatic ring is 1. The van der Waals surface area contributed by atoms with E-state index in [2.05, 4.69) is 15.5 Å². The van der Waals surface area contributed by atoms with Gasteiger partial charge in [0.25, 0.3) is 5.91 Å². The molecule has 0 bridgehead atoms. The highest BCUT2D eigenvalue weighted by molar-refractivity contribution is 5.97. The highest BCUT2D eigenvalue weighted by Crippen LogP contribution is 2.28. The summed E-state index contributed by atoms with van der Waals surface area (Å²) in [5.74, 6) is 0.635. The Balaban J connectivity index is 1.83. The fraction of sp³-hybridized carbons (Fsp3) is 0.667. The van der Waals surface area contributed by atoms with Crippen LogP contribution in [0, 0.1) is 5.92 Å². The molecule has 1 heterocycles. The van der Waals surface area contributed by atoms with Crippen LogP contribution in [-0.4, -0.2) is 22.6 Å². The summed E-state index contributed by atoms with van der Waals surface area (Å²) in [6.45, 7) is 2.69. The minimum Gasteiger partial charge on any atom is -0.395 e. The predicted molar refractivity (Wildman–Crippen MR) is 66.7 cm³/mol. The van der Waals surface area contributed by atoms with E-state index in [1.807, 2.05) is 6.92 Å². The number of carbonyl (C=O) groups excluding carboxylic acids is 1. The number of anilines is 1. The molecule has 94 valence electrons. The molecule has 0 saturated heterocycles. The average Bonchev–Trinajstić information content (AvgIpc) is 2.63. The molecule has 5 nitrogen and oxygen atoms in total. The van der Waals surface area contributed by atoms with Gasteiger partial charge in [0.05, 0.1) is 11.4 Å². The van der Waals surface area contributed by atoms with Gasteiger partial charge in [0.1, 0.15) is 0 Å². The molecule has 4 N–H and O–H groups in total. The summed E-state index contributed by atoms with van der Waals surface area (Å²) >= 11 is 0. The van der Waals surface area contributed by atoms with E-state index >= 15 is 0 Å². The Morgan fingerprint density at radius 2 is 2.35 bits per heavy atom. The van der Waals surface area contributed by atoms with Crippen LogP contribution in [0.3, 0.4) is 0 Å². The minimum absolute atomic E-state index is 0.169. The molecular weight excluding hydrogens is 216 g/mol. The number of aromatic amines is 1. The van der Waals surface area contributed by atoms with Gasteiger partial charge in [-0.25, -0.2) is 0 Å². The van der Waals surface area contributed by atoms with Crippen molar-refractivity contribution in [1.29, 1.82) is 0 Å². The number of nitrogens with one attached hydrogen (secondary N) is 2. The molecule has 1 amide bonds. The van der Waals surface area contributed by atoms with Crippen LogP contribution in [0.4, 0.5) is 5.69 Å². The molecule has 0 atom stereocenters. The van der Waals surface area contributed by atoms with Crippen molar-refractivity contribution in [3.63, 3.8) is 0 Å². The molecular formula is C12H20N4O. The quantitative estimate of drug-likeness (QED) is 0.724. The van der Waals surface area contributed by atoms with Gasteiger partial charge in [-0.1, -0.05) is 26.2 Å². The van der Waals surface area contributed by atoms with Crippen LogP contribution in [-0.2, 0) is 6.42 Å². The molecule has 1 aromatic rings. The molecule has 1 fully saturated rings. The molecule has 1 aliphatic carbocycles. The molecule has 1 aromatic heterocycles. The van der Waals surface area contributed by atoms with E-state index in [-0.39, 0.29) is 5.91 Å². The Bertz CT molecular complexity index is 395. The van der Waals surface area contributed by atoms with Gasteiger partial charge in [0, 0.05) is 6.54 Å². The minimum atomic E-state index is -0.169. The molecule has 0 aromatic carbocycles. The maximum absolute atomic E-state index is 11.8. The zero-order valence-electron chi connectivity index (χ0n) is 10.3. The van der Waals surface area contributed by atoms with Crippen molar-refractivity contribution < 1.29 is 4.79 Å². The van der Waals surface area contributed by atoms with Gasteiger partial charge >= 0.3 is 0 Å². The SMILES string of the molecule is CCc1[nH]nc(C(=O)NCCC2CCC2)c1N. The van der Waals surface area contributed by atoms with Crippen molar-refractivity contribution >= 4 is 11.6 Å². The van der Waals surface area contributed by atoms with Crippen molar-refractivity contribution in [3.05, 3.63) is 11.4 Å². The Morgan fingerprint density at radius 1 is 1.59 bits per heavy atom. The third kappa shape index (κ3) is 2.60. The van der Waals surface area contributed by atoms with E-state index in [1.165, 1.54) is 19.3 Å². The fourth-order valence-corrected chi connectivity index (χ4v) is 2.08. The lowest BCUT2D eigenvalue weighted by molar-refractivity contribution is 0.0945. The lowest BCUT2D eigenvalue weighted by Crippen LogP contribution is -2.28. The van der Waals surface area contributed by atoms with E-state index in [4.69, 9.17) is 5.73 Å². The lowest BCUT2D eigenvalue weighted by atomic mass is 9.83. The van der Waals surface area contributed by atoms with Crippen LogP contribution in [0.25, 0.3) is 0 Å². The van der Waals surface area contributed by atoms with Crippen molar-refractivity contribution in [2.24, 2.45) is 5.92 Å². The van der Waals surface area contributed by atoms with E-state index < -0.39 is 0 Å². The first-order chi connectivity index (χ1) is 8.22. The molecule has 1 aliphatic rings. The largest absolute Gasteiger partial charge is 0.395 e. The number of nitrogens with zero attached hydrogens (tertiary/aromatic N) is 1. The number of aromatic nitrogens is 2. The van der Waals surface area contributed by atoms with Crippen LogP contribution in [0.15, 0.2) is 0 Å². The number of hydrogen-bond donors (Lipinski definition) is 3. The van der Waals surface area contributed by atoms with Crippen LogP contribution in [0.2, 0.25) is 0 Å². The maximum Gasteiger partial charge on any atom is 0.273 e. The average molecular weight is 236 g/mol. The summed E-state index contributed by atoms with van der Waals surface area (Å²) in [6.07, 6.45) is 5.77. The first-order valence-corrected chi connectivity index (χ1v) is 6.33. The Morgan fingerprint density at radius 3 is 2.88 bits per heavy atom. The topological polar surface area (TPSA) is 83.8 Å². The fourth-order valence-electron chi connectivity index (χ4n) is 2.08. The van der Waals surface area contributed by atoms with Crippen LogP contribution >= 0.6 is 0 Å². The Hall–Kier alpha value is -1.52. The molecule has 2 rings (SSSR count). The van der Waals surface area contributed by atoms with Crippen LogP contribution in [0.5, 0.6) is 0 Å². The smallest absolute Gasteiger partial charge is 0.273 e. The number of amides is 1. The number of nitrogens with two attached hydrogens (primary N) is 1. The predicted octanol–water partition coefficient (Wildman–Crippen LogP) is 1.47. The zero-order chi connectivity index (χ0) is 12.3. The van der Waals surface area contributed by atoms with Crippen molar-refractivity contribution in [2.45, 2.75) is 39.0 Å². The van der Waals surface area contributed by atoms with Gasteiger partial charge in [-0.15, -0.1) is 0 Å². The van der Waals surface area contributed by atoms with Gasteiger partial charge in [-0.3, -0.25) is 9.89 Å². The van der Waals surface area contributed by atoms with Crippen molar-refractivity contribution in [3.8, 4) is 0 Å².